The van der Waals surface area contributed by atoms with Gasteiger partial charge in [0.15, 0.2) is 0 Å². The SMILES string of the molecule is Cc1ccc(NC(=O)c2cccc(C(F)(F)F)c2)cc1NC(=O)N(C)c1cc(NCCC(=O)O)ncn1. The van der Waals surface area contributed by atoms with Crippen LogP contribution in [0.1, 0.15) is 27.9 Å². The van der Waals surface area contributed by atoms with Crippen LogP contribution in [0, 0.1) is 6.92 Å². The van der Waals surface area contributed by atoms with Crippen molar-refractivity contribution in [1.29, 1.82) is 0 Å². The van der Waals surface area contributed by atoms with E-state index in [1.54, 1.807) is 19.1 Å². The van der Waals surface area contributed by atoms with Crippen LogP contribution in [0.2, 0.25) is 0 Å². The van der Waals surface area contributed by atoms with Crippen LogP contribution in [0.15, 0.2) is 54.9 Å². The number of carboxylic acid groups (broad SMARTS) is 1. The maximum atomic E-state index is 13.0. The summed E-state index contributed by atoms with van der Waals surface area (Å²) in [7, 11) is 1.47. The highest BCUT2D eigenvalue weighted by Gasteiger charge is 2.31. The quantitative estimate of drug-likeness (QED) is 0.343. The summed E-state index contributed by atoms with van der Waals surface area (Å²) in [4.78, 5) is 45.2. The summed E-state index contributed by atoms with van der Waals surface area (Å²) in [5.74, 6) is -1.14. The van der Waals surface area contributed by atoms with E-state index in [9.17, 15) is 27.6 Å². The van der Waals surface area contributed by atoms with Crippen molar-refractivity contribution >= 4 is 40.9 Å². The van der Waals surface area contributed by atoms with Gasteiger partial charge in [-0.2, -0.15) is 13.2 Å². The van der Waals surface area contributed by atoms with E-state index in [4.69, 9.17) is 5.11 Å². The molecule has 0 aliphatic heterocycles. The molecule has 0 saturated carbocycles. The van der Waals surface area contributed by atoms with Gasteiger partial charge in [-0.05, 0) is 42.8 Å². The van der Waals surface area contributed by atoms with Crippen molar-refractivity contribution in [2.45, 2.75) is 19.5 Å². The third-order valence-corrected chi connectivity index (χ3v) is 5.14. The number of alkyl halides is 3. The van der Waals surface area contributed by atoms with Gasteiger partial charge >= 0.3 is 18.2 Å². The maximum Gasteiger partial charge on any atom is 0.416 e. The normalized spacial score (nSPS) is 10.9. The lowest BCUT2D eigenvalue weighted by Gasteiger charge is -2.19. The van der Waals surface area contributed by atoms with Gasteiger partial charge in [-0.3, -0.25) is 14.5 Å². The molecule has 3 rings (SSSR count). The number of carbonyl (C=O) groups is 3. The van der Waals surface area contributed by atoms with E-state index in [0.29, 0.717) is 17.1 Å². The molecule has 0 spiro atoms. The predicted molar refractivity (Wildman–Crippen MR) is 131 cm³/mol. The lowest BCUT2D eigenvalue weighted by molar-refractivity contribution is -0.138. The monoisotopic (exact) mass is 516 g/mol. The summed E-state index contributed by atoms with van der Waals surface area (Å²) < 4.78 is 38.9. The second-order valence-corrected chi connectivity index (χ2v) is 7.88. The molecule has 1 heterocycles. The molecule has 0 saturated heterocycles. The number of benzene rings is 2. The van der Waals surface area contributed by atoms with Crippen molar-refractivity contribution in [2.75, 3.05) is 34.4 Å². The standard InChI is InChI=1S/C24H23F3N6O4/c1-14-6-7-17(31-22(36)15-4-3-5-16(10-15)24(25,26)27)11-18(14)32-23(37)33(2)20-12-19(29-13-30-20)28-9-8-21(34)35/h3-7,10-13H,8-9H2,1-2H3,(H,31,36)(H,32,37)(H,34,35)(H,28,29,30). The Hall–Kier alpha value is -4.68. The Balaban J connectivity index is 1.70. The highest BCUT2D eigenvalue weighted by atomic mass is 19.4. The molecular weight excluding hydrogens is 493 g/mol. The second kappa shape index (κ2) is 11.4. The number of aryl methyl sites for hydroxylation is 1. The number of anilines is 4. The minimum absolute atomic E-state index is 0.115. The molecule has 0 atom stereocenters. The number of rotatable bonds is 8. The lowest BCUT2D eigenvalue weighted by atomic mass is 10.1. The number of nitrogens with one attached hydrogen (secondary N) is 3. The highest BCUT2D eigenvalue weighted by Crippen LogP contribution is 2.30. The molecule has 2 aromatic carbocycles. The van der Waals surface area contributed by atoms with Crippen molar-refractivity contribution in [1.82, 2.24) is 9.97 Å². The number of carboxylic acids is 1. The second-order valence-electron chi connectivity index (χ2n) is 7.88. The minimum Gasteiger partial charge on any atom is -0.481 e. The average molecular weight is 516 g/mol. The van der Waals surface area contributed by atoms with E-state index in [1.807, 2.05) is 0 Å². The Labute approximate surface area is 209 Å². The van der Waals surface area contributed by atoms with E-state index < -0.39 is 29.6 Å². The smallest absolute Gasteiger partial charge is 0.416 e. The Morgan fingerprint density at radius 1 is 1.03 bits per heavy atom. The van der Waals surface area contributed by atoms with Crippen LogP contribution < -0.4 is 20.9 Å². The largest absolute Gasteiger partial charge is 0.481 e. The topological polar surface area (TPSA) is 137 Å². The number of nitrogens with zero attached hydrogens (tertiary/aromatic N) is 3. The van der Waals surface area contributed by atoms with Crippen LogP contribution in [0.25, 0.3) is 0 Å². The molecule has 13 heteroatoms. The van der Waals surface area contributed by atoms with Gasteiger partial charge in [0.05, 0.1) is 12.0 Å². The minimum atomic E-state index is -4.58. The lowest BCUT2D eigenvalue weighted by Crippen LogP contribution is -2.32. The molecule has 37 heavy (non-hydrogen) atoms. The Morgan fingerprint density at radius 2 is 1.78 bits per heavy atom. The molecule has 4 N–H and O–H groups in total. The van der Waals surface area contributed by atoms with E-state index in [-0.39, 0.29) is 30.0 Å². The van der Waals surface area contributed by atoms with E-state index in [0.717, 1.165) is 18.2 Å². The number of aliphatic carboxylic acids is 1. The number of hydrogen-bond donors (Lipinski definition) is 4. The first-order chi connectivity index (χ1) is 17.4. The van der Waals surface area contributed by atoms with Crippen LogP contribution in [-0.2, 0) is 11.0 Å². The van der Waals surface area contributed by atoms with Gasteiger partial charge in [-0.1, -0.05) is 12.1 Å². The van der Waals surface area contributed by atoms with Gasteiger partial charge in [0, 0.05) is 36.6 Å². The fourth-order valence-corrected chi connectivity index (χ4v) is 3.10. The summed E-state index contributed by atoms with van der Waals surface area (Å²) in [5.41, 5.74) is 0.172. The number of carbonyl (C=O) groups excluding carboxylic acids is 2. The van der Waals surface area contributed by atoms with Crippen LogP contribution in [0.5, 0.6) is 0 Å². The third-order valence-electron chi connectivity index (χ3n) is 5.14. The summed E-state index contributed by atoms with van der Waals surface area (Å²) >= 11 is 0. The Kier molecular flexibility index (Phi) is 8.27. The predicted octanol–water partition coefficient (Wildman–Crippen LogP) is 4.61. The Morgan fingerprint density at radius 3 is 2.49 bits per heavy atom. The third kappa shape index (κ3) is 7.40. The van der Waals surface area contributed by atoms with Crippen LogP contribution in [0.4, 0.5) is 41.0 Å². The number of amides is 3. The van der Waals surface area contributed by atoms with Crippen molar-refractivity contribution in [3.63, 3.8) is 0 Å². The van der Waals surface area contributed by atoms with Gasteiger partial charge < -0.3 is 21.1 Å². The van der Waals surface area contributed by atoms with Gasteiger partial charge in [-0.15, -0.1) is 0 Å². The molecule has 0 bridgehead atoms. The van der Waals surface area contributed by atoms with E-state index >= 15 is 0 Å². The summed E-state index contributed by atoms with van der Waals surface area (Å²) in [6.07, 6.45) is -3.48. The summed E-state index contributed by atoms with van der Waals surface area (Å²) in [6, 6.07) is 9.61. The van der Waals surface area contributed by atoms with Gasteiger partial charge in [0.1, 0.15) is 18.0 Å². The fraction of sp³-hybridized carbons (Fsp3) is 0.208. The van der Waals surface area contributed by atoms with E-state index in [2.05, 4.69) is 25.9 Å². The summed E-state index contributed by atoms with van der Waals surface area (Å²) in [6.45, 7) is 1.86. The Bertz CT molecular complexity index is 1320. The molecule has 0 fully saturated rings. The summed E-state index contributed by atoms with van der Waals surface area (Å²) in [5, 5.41) is 16.8. The number of halogens is 3. The number of urea groups is 1. The van der Waals surface area contributed by atoms with Gasteiger partial charge in [0.25, 0.3) is 5.91 Å². The van der Waals surface area contributed by atoms with Crippen LogP contribution >= 0.6 is 0 Å². The molecule has 0 unspecified atom stereocenters. The van der Waals surface area contributed by atoms with Crippen molar-refractivity contribution in [3.05, 3.63) is 71.5 Å². The molecule has 3 aromatic rings. The molecule has 0 aliphatic carbocycles. The molecule has 0 aliphatic rings. The first-order valence-electron chi connectivity index (χ1n) is 10.9. The van der Waals surface area contributed by atoms with Crippen molar-refractivity contribution in [2.24, 2.45) is 0 Å². The van der Waals surface area contributed by atoms with Crippen molar-refractivity contribution in [3.8, 4) is 0 Å². The molecule has 1 aromatic heterocycles. The molecule has 194 valence electrons. The van der Waals surface area contributed by atoms with Crippen LogP contribution in [0.3, 0.4) is 0 Å². The average Bonchev–Trinajstić information content (AvgIpc) is 2.85. The van der Waals surface area contributed by atoms with E-state index in [1.165, 1.54) is 36.5 Å². The molecular formula is C24H23F3N6O4. The molecule has 3 amide bonds. The maximum absolute atomic E-state index is 13.0. The van der Waals surface area contributed by atoms with Crippen molar-refractivity contribution < 1.29 is 32.7 Å². The number of hydrogen-bond acceptors (Lipinski definition) is 6. The highest BCUT2D eigenvalue weighted by molar-refractivity contribution is 6.05. The van der Waals surface area contributed by atoms with Gasteiger partial charge in [0.2, 0.25) is 0 Å². The zero-order valence-corrected chi connectivity index (χ0v) is 19.8. The zero-order valence-electron chi connectivity index (χ0n) is 19.8. The van der Waals surface area contributed by atoms with Crippen LogP contribution in [-0.4, -0.2) is 46.6 Å². The van der Waals surface area contributed by atoms with Gasteiger partial charge in [-0.25, -0.2) is 14.8 Å². The fourth-order valence-electron chi connectivity index (χ4n) is 3.10. The first-order valence-corrected chi connectivity index (χ1v) is 10.9. The first kappa shape index (κ1) is 26.9. The molecule has 10 nitrogen and oxygen atoms in total. The number of aromatic nitrogens is 2. The zero-order chi connectivity index (χ0) is 27.2. The molecule has 0 radical (unpaired) electrons.